The fourth-order valence-corrected chi connectivity index (χ4v) is 2.32. The van der Waals surface area contributed by atoms with Crippen LogP contribution in [-0.2, 0) is 17.1 Å². The molecular weight excluding hydrogens is 328 g/mol. The maximum Gasteiger partial charge on any atom is 0.221 e. The van der Waals surface area contributed by atoms with Gasteiger partial charge in [-0.3, -0.25) is 4.79 Å². The topological polar surface area (TPSA) is 87.2 Å². The first-order chi connectivity index (χ1) is 11.5. The second kappa shape index (κ2) is 8.80. The van der Waals surface area contributed by atoms with Gasteiger partial charge in [-0.1, -0.05) is 59.6 Å². The van der Waals surface area contributed by atoms with Crippen molar-refractivity contribution in [3.05, 3.63) is 70.7 Å². The minimum absolute atomic E-state index is 0.00674. The maximum absolute atomic E-state index is 12.0. The van der Waals surface area contributed by atoms with E-state index in [1.807, 2.05) is 30.3 Å². The Labute approximate surface area is 146 Å². The van der Waals surface area contributed by atoms with Crippen LogP contribution in [0.4, 0.5) is 0 Å². The summed E-state index contributed by atoms with van der Waals surface area (Å²) >= 11 is 5.72. The third-order valence-electron chi connectivity index (χ3n) is 3.51. The second-order valence-corrected chi connectivity index (χ2v) is 5.82. The summed E-state index contributed by atoms with van der Waals surface area (Å²) in [5.41, 5.74) is 1.17. The monoisotopic (exact) mass is 346 g/mol. The molecule has 0 aliphatic carbocycles. The number of rotatable bonds is 8. The lowest BCUT2D eigenvalue weighted by atomic mass is 10.1. The molecule has 2 aromatic carbocycles. The molecule has 0 radical (unpaired) electrons. The lowest BCUT2D eigenvalue weighted by Crippen LogP contribution is -2.63. The standard InChI is InChI=1S/C18H19ClN2O3/c19-16-8-6-15(7-9-16)18(23,24)21-13-11-17(22)20-12-10-14-4-2-1-3-5-14/h1-9,21H,10-13H2,(H,20,22)/q-2. The Kier molecular flexibility index (Phi) is 6.75. The molecule has 0 saturated carbocycles. The van der Waals surface area contributed by atoms with Gasteiger partial charge in [0.15, 0.2) is 0 Å². The van der Waals surface area contributed by atoms with E-state index in [1.165, 1.54) is 24.3 Å². The van der Waals surface area contributed by atoms with E-state index < -0.39 is 5.91 Å². The highest BCUT2D eigenvalue weighted by atomic mass is 35.5. The number of hydrogen-bond acceptors (Lipinski definition) is 4. The summed E-state index contributed by atoms with van der Waals surface area (Å²) in [6.07, 6.45) is 0.798. The summed E-state index contributed by atoms with van der Waals surface area (Å²) < 4.78 is 0. The third-order valence-corrected chi connectivity index (χ3v) is 3.76. The lowest BCUT2D eigenvalue weighted by Gasteiger charge is -2.50. The highest BCUT2D eigenvalue weighted by molar-refractivity contribution is 6.30. The molecule has 5 nitrogen and oxygen atoms in total. The van der Waals surface area contributed by atoms with E-state index in [-0.39, 0.29) is 24.4 Å². The highest BCUT2D eigenvalue weighted by Gasteiger charge is 2.06. The molecule has 0 aromatic heterocycles. The van der Waals surface area contributed by atoms with Crippen molar-refractivity contribution in [1.82, 2.24) is 10.6 Å². The summed E-state index contributed by atoms with van der Waals surface area (Å²) in [5.74, 6) is -2.90. The third kappa shape index (κ3) is 5.94. The van der Waals surface area contributed by atoms with Gasteiger partial charge in [-0.15, -0.1) is 5.91 Å². The number of halogens is 1. The molecule has 24 heavy (non-hydrogen) atoms. The molecule has 0 spiro atoms. The Hall–Kier alpha value is -1.92. The second-order valence-electron chi connectivity index (χ2n) is 5.39. The van der Waals surface area contributed by atoms with E-state index in [9.17, 15) is 15.0 Å². The molecular formula is C18H19ClN2O3-2. The SMILES string of the molecule is O=C(CCNC([O-])([O-])c1ccc(Cl)cc1)NCCc1ccccc1. The zero-order valence-electron chi connectivity index (χ0n) is 13.1. The quantitative estimate of drug-likeness (QED) is 0.682. The molecule has 0 fully saturated rings. The normalized spacial score (nSPS) is 11.3. The van der Waals surface area contributed by atoms with Crippen molar-refractivity contribution in [3.63, 3.8) is 0 Å². The molecule has 2 N–H and O–H groups in total. The Morgan fingerprint density at radius 2 is 1.67 bits per heavy atom. The molecule has 6 heteroatoms. The predicted molar refractivity (Wildman–Crippen MR) is 88.9 cm³/mol. The Morgan fingerprint density at radius 3 is 2.33 bits per heavy atom. The zero-order chi connectivity index (χ0) is 17.4. The van der Waals surface area contributed by atoms with E-state index in [0.29, 0.717) is 11.6 Å². The molecule has 2 aromatic rings. The largest absolute Gasteiger partial charge is 0.848 e. The number of hydrogen-bond donors (Lipinski definition) is 2. The van der Waals surface area contributed by atoms with Crippen molar-refractivity contribution < 1.29 is 15.0 Å². The molecule has 0 bridgehead atoms. The van der Waals surface area contributed by atoms with Crippen LogP contribution in [0, 0.1) is 0 Å². The molecule has 1 amide bonds. The molecule has 0 unspecified atom stereocenters. The van der Waals surface area contributed by atoms with Gasteiger partial charge in [-0.25, -0.2) is 0 Å². The number of carbonyl (C=O) groups is 1. The summed E-state index contributed by atoms with van der Waals surface area (Å²) in [5, 5.41) is 29.4. The maximum atomic E-state index is 12.0. The van der Waals surface area contributed by atoms with Gasteiger partial charge in [0, 0.05) is 24.5 Å². The van der Waals surface area contributed by atoms with E-state index in [0.717, 1.165) is 12.0 Å². The van der Waals surface area contributed by atoms with E-state index in [2.05, 4.69) is 10.6 Å². The first-order valence-corrected chi connectivity index (χ1v) is 8.08. The van der Waals surface area contributed by atoms with Crippen LogP contribution in [-0.4, -0.2) is 19.0 Å². The molecule has 0 heterocycles. The zero-order valence-corrected chi connectivity index (χ0v) is 13.9. The number of benzene rings is 2. The van der Waals surface area contributed by atoms with Crippen LogP contribution in [0.15, 0.2) is 54.6 Å². The van der Waals surface area contributed by atoms with Gasteiger partial charge in [-0.2, -0.15) is 0 Å². The molecule has 0 saturated heterocycles. The van der Waals surface area contributed by atoms with Crippen LogP contribution in [0.2, 0.25) is 5.02 Å². The van der Waals surface area contributed by atoms with Crippen LogP contribution in [0.3, 0.4) is 0 Å². The van der Waals surface area contributed by atoms with Crippen molar-refractivity contribution >= 4 is 17.5 Å². The van der Waals surface area contributed by atoms with Gasteiger partial charge < -0.3 is 20.8 Å². The van der Waals surface area contributed by atoms with Crippen molar-refractivity contribution in [2.45, 2.75) is 18.8 Å². The average molecular weight is 347 g/mol. The van der Waals surface area contributed by atoms with Crippen molar-refractivity contribution in [3.8, 4) is 0 Å². The van der Waals surface area contributed by atoms with E-state index in [1.54, 1.807) is 0 Å². The molecule has 0 aliphatic rings. The minimum atomic E-state index is -2.70. The highest BCUT2D eigenvalue weighted by Crippen LogP contribution is 2.13. The molecule has 0 aliphatic heterocycles. The molecule has 0 atom stereocenters. The summed E-state index contributed by atoms with van der Waals surface area (Å²) in [7, 11) is 0. The minimum Gasteiger partial charge on any atom is -0.848 e. The summed E-state index contributed by atoms with van der Waals surface area (Å²) in [4.78, 5) is 11.7. The number of carbonyl (C=O) groups excluding carboxylic acids is 1. The van der Waals surface area contributed by atoms with Gasteiger partial charge in [-0.05, 0) is 24.1 Å². The van der Waals surface area contributed by atoms with Gasteiger partial charge in [0.1, 0.15) is 0 Å². The van der Waals surface area contributed by atoms with Crippen LogP contribution in [0.5, 0.6) is 0 Å². The Bertz CT molecular complexity index is 645. The Balaban J connectivity index is 1.69. The molecule has 2 rings (SSSR count). The first-order valence-electron chi connectivity index (χ1n) is 7.70. The van der Waals surface area contributed by atoms with Gasteiger partial charge in [0.2, 0.25) is 5.91 Å². The smallest absolute Gasteiger partial charge is 0.221 e. The fraction of sp³-hybridized carbons (Fsp3) is 0.278. The van der Waals surface area contributed by atoms with Gasteiger partial charge in [0.25, 0.3) is 0 Å². The predicted octanol–water partition coefficient (Wildman–Crippen LogP) is 0.510. The van der Waals surface area contributed by atoms with E-state index in [4.69, 9.17) is 11.6 Å². The van der Waals surface area contributed by atoms with Gasteiger partial charge in [0.05, 0.1) is 0 Å². The van der Waals surface area contributed by atoms with Crippen LogP contribution in [0.1, 0.15) is 17.5 Å². The van der Waals surface area contributed by atoms with Crippen molar-refractivity contribution in [2.24, 2.45) is 0 Å². The summed E-state index contributed by atoms with van der Waals surface area (Å²) in [6, 6.07) is 15.5. The summed E-state index contributed by atoms with van der Waals surface area (Å²) in [6.45, 7) is 0.521. The average Bonchev–Trinajstić information content (AvgIpc) is 2.56. The van der Waals surface area contributed by atoms with Crippen molar-refractivity contribution in [2.75, 3.05) is 13.1 Å². The molecule has 128 valence electrons. The fourth-order valence-electron chi connectivity index (χ4n) is 2.19. The lowest BCUT2D eigenvalue weighted by molar-refractivity contribution is -0.744. The van der Waals surface area contributed by atoms with Crippen LogP contribution < -0.4 is 20.8 Å². The van der Waals surface area contributed by atoms with Crippen LogP contribution >= 0.6 is 11.6 Å². The first kappa shape index (κ1) is 18.4. The van der Waals surface area contributed by atoms with Crippen LogP contribution in [0.25, 0.3) is 0 Å². The van der Waals surface area contributed by atoms with Gasteiger partial charge >= 0.3 is 0 Å². The Morgan fingerprint density at radius 1 is 1.00 bits per heavy atom. The van der Waals surface area contributed by atoms with Crippen molar-refractivity contribution in [1.29, 1.82) is 0 Å². The van der Waals surface area contributed by atoms with E-state index >= 15 is 0 Å². The number of amides is 1. The number of nitrogens with one attached hydrogen (secondary N) is 2.